The van der Waals surface area contributed by atoms with Crippen molar-refractivity contribution in [3.05, 3.63) is 0 Å². The zero-order valence-corrected chi connectivity index (χ0v) is 17.5. The monoisotopic (exact) mass is 371 g/mol. The summed E-state index contributed by atoms with van der Waals surface area (Å²) in [4.78, 5) is 14.1. The van der Waals surface area contributed by atoms with E-state index < -0.39 is 0 Å². The molecule has 0 saturated heterocycles. The Bertz CT molecular complexity index is 308. The Kier molecular flexibility index (Phi) is 18.6. The summed E-state index contributed by atoms with van der Waals surface area (Å²) in [6.07, 6.45) is 15.0. The molecule has 1 amide bonds. The highest BCUT2D eigenvalue weighted by Crippen LogP contribution is 2.12. The zero-order chi connectivity index (χ0) is 19.5. The maximum Gasteiger partial charge on any atom is 0.221 e. The van der Waals surface area contributed by atoms with Crippen LogP contribution in [0.5, 0.6) is 0 Å². The number of rotatable bonds is 19. The van der Waals surface area contributed by atoms with Crippen molar-refractivity contribution in [3.8, 4) is 0 Å². The van der Waals surface area contributed by atoms with Crippen molar-refractivity contribution in [2.45, 2.75) is 96.9 Å². The third-order valence-electron chi connectivity index (χ3n) is 4.91. The van der Waals surface area contributed by atoms with Gasteiger partial charge in [-0.2, -0.15) is 0 Å². The second-order valence-electron chi connectivity index (χ2n) is 7.54. The van der Waals surface area contributed by atoms with E-state index >= 15 is 0 Å². The number of aliphatic hydroxyl groups excluding tert-OH is 1. The maximum atomic E-state index is 12.0. The predicted octanol–water partition coefficient (Wildman–Crippen LogP) is 3.45. The Labute approximate surface area is 162 Å². The highest BCUT2D eigenvalue weighted by atomic mass is 16.3. The van der Waals surface area contributed by atoms with E-state index in [1.54, 1.807) is 0 Å². The zero-order valence-electron chi connectivity index (χ0n) is 17.5. The molecule has 0 fully saturated rings. The average Bonchev–Trinajstić information content (AvgIpc) is 2.61. The maximum absolute atomic E-state index is 12.0. The molecular weight excluding hydrogens is 326 g/mol. The molecule has 156 valence electrons. The van der Waals surface area contributed by atoms with Crippen molar-refractivity contribution in [1.29, 1.82) is 0 Å². The molecule has 5 nitrogen and oxygen atoms in total. The first-order valence-electron chi connectivity index (χ1n) is 11.0. The lowest BCUT2D eigenvalue weighted by atomic mass is 10.0. The van der Waals surface area contributed by atoms with Gasteiger partial charge >= 0.3 is 0 Å². The number of amides is 1. The molecule has 1 unspecified atom stereocenters. The van der Waals surface area contributed by atoms with Crippen LogP contribution < -0.4 is 11.1 Å². The number of carbonyl (C=O) groups is 1. The number of hydrogen-bond donors (Lipinski definition) is 3. The third-order valence-corrected chi connectivity index (χ3v) is 4.91. The van der Waals surface area contributed by atoms with Gasteiger partial charge in [0.1, 0.15) is 0 Å². The summed E-state index contributed by atoms with van der Waals surface area (Å²) in [5.74, 6) is 0.101. The Morgan fingerprint density at radius 3 is 2.08 bits per heavy atom. The summed E-state index contributed by atoms with van der Waals surface area (Å²) >= 11 is 0. The van der Waals surface area contributed by atoms with Crippen LogP contribution in [-0.2, 0) is 4.79 Å². The molecule has 0 heterocycles. The highest BCUT2D eigenvalue weighted by Gasteiger charge is 2.10. The van der Waals surface area contributed by atoms with Gasteiger partial charge < -0.3 is 16.2 Å². The van der Waals surface area contributed by atoms with Gasteiger partial charge in [-0.15, -0.1) is 0 Å². The smallest absolute Gasteiger partial charge is 0.221 e. The summed E-state index contributed by atoms with van der Waals surface area (Å²) in [7, 11) is 0. The third kappa shape index (κ3) is 16.8. The molecule has 0 bridgehead atoms. The van der Waals surface area contributed by atoms with Gasteiger partial charge in [0.2, 0.25) is 5.91 Å². The van der Waals surface area contributed by atoms with Crippen molar-refractivity contribution < 1.29 is 9.90 Å². The van der Waals surface area contributed by atoms with E-state index in [-0.39, 0.29) is 18.6 Å². The van der Waals surface area contributed by atoms with Gasteiger partial charge in [0.25, 0.3) is 0 Å². The highest BCUT2D eigenvalue weighted by molar-refractivity contribution is 5.76. The average molecular weight is 372 g/mol. The van der Waals surface area contributed by atoms with Gasteiger partial charge in [-0.05, 0) is 13.3 Å². The fourth-order valence-electron chi connectivity index (χ4n) is 3.28. The molecule has 1 atom stereocenters. The lowest BCUT2D eigenvalue weighted by Gasteiger charge is -2.20. The van der Waals surface area contributed by atoms with E-state index in [0.29, 0.717) is 26.1 Å². The minimum Gasteiger partial charge on any atom is -0.395 e. The summed E-state index contributed by atoms with van der Waals surface area (Å²) in [6, 6.07) is 0.248. The number of nitrogens with one attached hydrogen (secondary N) is 1. The van der Waals surface area contributed by atoms with Crippen LogP contribution in [-0.4, -0.2) is 54.7 Å². The van der Waals surface area contributed by atoms with Gasteiger partial charge in [0, 0.05) is 38.6 Å². The van der Waals surface area contributed by atoms with Crippen LogP contribution in [0.15, 0.2) is 0 Å². The molecule has 0 radical (unpaired) electrons. The quantitative estimate of drug-likeness (QED) is 0.304. The summed E-state index contributed by atoms with van der Waals surface area (Å²) in [6.45, 7) is 6.98. The Morgan fingerprint density at radius 1 is 0.962 bits per heavy atom. The van der Waals surface area contributed by atoms with E-state index in [0.717, 1.165) is 13.0 Å². The van der Waals surface area contributed by atoms with Crippen LogP contribution in [0.1, 0.15) is 90.9 Å². The number of hydrogen-bond acceptors (Lipinski definition) is 4. The molecule has 4 N–H and O–H groups in total. The van der Waals surface area contributed by atoms with Gasteiger partial charge in [0.15, 0.2) is 0 Å². The number of nitrogens with two attached hydrogens (primary N) is 1. The molecule has 0 aliphatic carbocycles. The summed E-state index contributed by atoms with van der Waals surface area (Å²) < 4.78 is 0. The lowest BCUT2D eigenvalue weighted by Crippen LogP contribution is -2.38. The topological polar surface area (TPSA) is 78.6 Å². The van der Waals surface area contributed by atoms with Gasteiger partial charge in [-0.25, -0.2) is 0 Å². The minimum atomic E-state index is 0.101. The molecule has 0 aromatic carbocycles. The molecule has 0 rings (SSSR count). The Morgan fingerprint density at radius 2 is 1.54 bits per heavy atom. The molecule has 0 aromatic heterocycles. The van der Waals surface area contributed by atoms with E-state index in [1.807, 2.05) is 4.90 Å². The fourth-order valence-corrected chi connectivity index (χ4v) is 3.28. The van der Waals surface area contributed by atoms with Crippen molar-refractivity contribution in [2.75, 3.05) is 32.8 Å². The second-order valence-corrected chi connectivity index (χ2v) is 7.54. The Hall–Kier alpha value is -0.650. The number of carbonyl (C=O) groups excluding carboxylic acids is 1. The molecule has 26 heavy (non-hydrogen) atoms. The molecule has 5 heteroatoms. The molecule has 0 aliphatic heterocycles. The van der Waals surface area contributed by atoms with E-state index in [4.69, 9.17) is 10.8 Å². The minimum absolute atomic E-state index is 0.101. The van der Waals surface area contributed by atoms with Crippen LogP contribution in [0.25, 0.3) is 0 Å². The van der Waals surface area contributed by atoms with Crippen molar-refractivity contribution >= 4 is 5.91 Å². The standard InChI is InChI=1S/C21H45N3O2/c1-3-4-5-6-7-8-9-10-11-12-13-20(2)23-21(26)14-16-24(17-15-22)18-19-25/h20,25H,3-19,22H2,1-2H3,(H,23,26). The predicted molar refractivity (Wildman–Crippen MR) is 111 cm³/mol. The molecule has 0 aliphatic rings. The number of unbranched alkanes of at least 4 members (excludes halogenated alkanes) is 9. The van der Waals surface area contributed by atoms with Gasteiger partial charge in [-0.3, -0.25) is 9.69 Å². The van der Waals surface area contributed by atoms with Crippen molar-refractivity contribution in [1.82, 2.24) is 10.2 Å². The molecule has 0 saturated carbocycles. The Balaban J connectivity index is 3.54. The second kappa shape index (κ2) is 19.1. The first-order chi connectivity index (χ1) is 12.6. The first kappa shape index (κ1) is 25.4. The molecule has 0 aromatic rings. The van der Waals surface area contributed by atoms with Crippen LogP contribution in [0.2, 0.25) is 0 Å². The molecule has 0 spiro atoms. The van der Waals surface area contributed by atoms with Crippen LogP contribution in [0, 0.1) is 0 Å². The van der Waals surface area contributed by atoms with Crippen LogP contribution in [0.3, 0.4) is 0 Å². The molecular formula is C21H45N3O2. The SMILES string of the molecule is CCCCCCCCCCCCC(C)NC(=O)CCN(CCN)CCO. The largest absolute Gasteiger partial charge is 0.395 e. The number of aliphatic hydroxyl groups is 1. The van der Waals surface area contributed by atoms with Gasteiger partial charge in [0.05, 0.1) is 6.61 Å². The van der Waals surface area contributed by atoms with Crippen LogP contribution in [0.4, 0.5) is 0 Å². The van der Waals surface area contributed by atoms with E-state index in [9.17, 15) is 4.79 Å². The summed E-state index contributed by atoms with van der Waals surface area (Å²) in [5, 5.41) is 12.1. The number of nitrogens with zero attached hydrogens (tertiary/aromatic N) is 1. The lowest BCUT2D eigenvalue weighted by molar-refractivity contribution is -0.122. The van der Waals surface area contributed by atoms with Crippen LogP contribution >= 0.6 is 0 Å². The normalized spacial score (nSPS) is 12.5. The summed E-state index contributed by atoms with van der Waals surface area (Å²) in [5.41, 5.74) is 5.55. The van der Waals surface area contributed by atoms with Gasteiger partial charge in [-0.1, -0.05) is 71.1 Å². The van der Waals surface area contributed by atoms with Crippen molar-refractivity contribution in [3.63, 3.8) is 0 Å². The first-order valence-corrected chi connectivity index (χ1v) is 11.0. The van der Waals surface area contributed by atoms with Crippen molar-refractivity contribution in [2.24, 2.45) is 5.73 Å². The fraction of sp³-hybridized carbons (Fsp3) is 0.952. The van der Waals surface area contributed by atoms with E-state index in [2.05, 4.69) is 19.2 Å². The van der Waals surface area contributed by atoms with E-state index in [1.165, 1.54) is 64.2 Å².